The number of aromatic nitrogens is 1. The molecule has 1 N–H and O–H groups in total. The van der Waals surface area contributed by atoms with Gasteiger partial charge in [-0.3, -0.25) is 4.98 Å². The van der Waals surface area contributed by atoms with Gasteiger partial charge in [0.1, 0.15) is 6.10 Å². The van der Waals surface area contributed by atoms with Crippen LogP contribution in [0.15, 0.2) is 42.9 Å². The Morgan fingerprint density at radius 3 is 3.09 bits per heavy atom. The molecule has 0 fully saturated rings. The smallest absolute Gasteiger partial charge is 0.106 e. The first-order chi connectivity index (χ1) is 5.34. The molecule has 0 amide bonds. The van der Waals surface area contributed by atoms with E-state index in [-0.39, 0.29) is 0 Å². The lowest BCUT2D eigenvalue weighted by molar-refractivity contribution is 0.228. The summed E-state index contributed by atoms with van der Waals surface area (Å²) in [6, 6.07) is 3.57. The summed E-state index contributed by atoms with van der Waals surface area (Å²) in [5.41, 5.74) is 3.27. The molecule has 1 aromatic heterocycles. The molecule has 11 heavy (non-hydrogen) atoms. The van der Waals surface area contributed by atoms with Crippen molar-refractivity contribution in [1.29, 1.82) is 0 Å². The predicted octanol–water partition coefficient (Wildman–Crippen LogP) is 1.46. The minimum absolute atomic E-state index is 0.638. The Morgan fingerprint density at radius 1 is 1.73 bits per heavy atom. The fourth-order valence-electron chi connectivity index (χ4n) is 0.759. The molecule has 1 atom stereocenters. The molecule has 2 nitrogen and oxygen atoms in total. The number of nitrogens with zero attached hydrogens (tertiary/aromatic N) is 1. The van der Waals surface area contributed by atoms with Crippen molar-refractivity contribution in [1.82, 2.24) is 4.98 Å². The van der Waals surface area contributed by atoms with E-state index in [2.05, 4.69) is 17.3 Å². The molecule has 0 unspecified atom stereocenters. The van der Waals surface area contributed by atoms with Gasteiger partial charge in [-0.25, -0.2) is 0 Å². The molecular formula is C9H9NO. The van der Waals surface area contributed by atoms with E-state index >= 15 is 0 Å². The molecule has 56 valence electrons. The third-order valence-electron chi connectivity index (χ3n) is 1.30. The van der Waals surface area contributed by atoms with Crippen LogP contribution in [0.4, 0.5) is 0 Å². The molecular weight excluding hydrogens is 138 g/mol. The summed E-state index contributed by atoms with van der Waals surface area (Å²) in [6.45, 7) is 3.37. The number of hydrogen-bond acceptors (Lipinski definition) is 2. The summed E-state index contributed by atoms with van der Waals surface area (Å²) in [6.07, 6.45) is 4.12. The van der Waals surface area contributed by atoms with Crippen LogP contribution < -0.4 is 0 Å². The van der Waals surface area contributed by atoms with E-state index < -0.39 is 6.10 Å². The Labute approximate surface area is 65.5 Å². The first-order valence-electron chi connectivity index (χ1n) is 3.28. The van der Waals surface area contributed by atoms with Crippen molar-refractivity contribution >= 4 is 0 Å². The van der Waals surface area contributed by atoms with Crippen molar-refractivity contribution in [2.24, 2.45) is 0 Å². The lowest BCUT2D eigenvalue weighted by Gasteiger charge is -2.01. The lowest BCUT2D eigenvalue weighted by Crippen LogP contribution is -1.91. The summed E-state index contributed by atoms with van der Waals surface area (Å²) in [4.78, 5) is 3.86. The summed E-state index contributed by atoms with van der Waals surface area (Å²) >= 11 is 0. The van der Waals surface area contributed by atoms with Gasteiger partial charge in [-0.15, -0.1) is 5.73 Å². The Balaban J connectivity index is 2.84. The number of rotatable bonds is 2. The van der Waals surface area contributed by atoms with Gasteiger partial charge in [-0.1, -0.05) is 12.6 Å². The second-order valence-corrected chi connectivity index (χ2v) is 2.10. The maximum Gasteiger partial charge on any atom is 0.106 e. The van der Waals surface area contributed by atoms with E-state index in [1.807, 2.05) is 0 Å². The van der Waals surface area contributed by atoms with Crippen molar-refractivity contribution in [3.8, 4) is 0 Å². The van der Waals surface area contributed by atoms with Crippen molar-refractivity contribution in [2.45, 2.75) is 6.10 Å². The van der Waals surface area contributed by atoms with Crippen LogP contribution in [-0.2, 0) is 0 Å². The maximum atomic E-state index is 9.32. The molecule has 0 aliphatic carbocycles. The summed E-state index contributed by atoms with van der Waals surface area (Å²) < 4.78 is 0. The van der Waals surface area contributed by atoms with Gasteiger partial charge in [0.05, 0.1) is 0 Å². The molecule has 0 aliphatic rings. The van der Waals surface area contributed by atoms with E-state index in [0.717, 1.165) is 5.56 Å². The Bertz CT molecular complexity index is 262. The third-order valence-corrected chi connectivity index (χ3v) is 1.30. The predicted molar refractivity (Wildman–Crippen MR) is 42.9 cm³/mol. The Hall–Kier alpha value is -1.37. The number of hydrogen-bond donors (Lipinski definition) is 1. The summed E-state index contributed by atoms with van der Waals surface area (Å²) in [7, 11) is 0. The van der Waals surface area contributed by atoms with Gasteiger partial charge in [-0.05, 0) is 12.1 Å². The highest BCUT2D eigenvalue weighted by Crippen LogP contribution is 2.10. The zero-order valence-corrected chi connectivity index (χ0v) is 6.07. The fraction of sp³-hybridized carbons (Fsp3) is 0.111. The second kappa shape index (κ2) is 3.71. The first-order valence-corrected chi connectivity index (χ1v) is 3.28. The maximum absolute atomic E-state index is 9.32. The van der Waals surface area contributed by atoms with E-state index in [1.165, 1.54) is 6.08 Å². The molecule has 0 aliphatic heterocycles. The van der Waals surface area contributed by atoms with Gasteiger partial charge in [0.15, 0.2) is 0 Å². The topological polar surface area (TPSA) is 33.1 Å². The number of pyridine rings is 1. The summed E-state index contributed by atoms with van der Waals surface area (Å²) in [5.74, 6) is 0. The van der Waals surface area contributed by atoms with Gasteiger partial charge >= 0.3 is 0 Å². The number of aliphatic hydroxyl groups is 1. The van der Waals surface area contributed by atoms with Crippen LogP contribution in [0, 0.1) is 0 Å². The molecule has 1 heterocycles. The molecule has 2 heteroatoms. The number of aliphatic hydroxyl groups excluding tert-OH is 1. The largest absolute Gasteiger partial charge is 0.384 e. The van der Waals surface area contributed by atoms with E-state index in [9.17, 15) is 5.11 Å². The van der Waals surface area contributed by atoms with Gasteiger partial charge in [0.25, 0.3) is 0 Å². The zero-order chi connectivity index (χ0) is 8.10. The van der Waals surface area contributed by atoms with E-state index in [0.29, 0.717) is 0 Å². The van der Waals surface area contributed by atoms with E-state index in [4.69, 9.17) is 0 Å². The minimum atomic E-state index is -0.638. The molecule has 0 saturated heterocycles. The van der Waals surface area contributed by atoms with Crippen LogP contribution in [0.2, 0.25) is 0 Å². The molecule has 0 aromatic carbocycles. The molecule has 0 spiro atoms. The standard InChI is InChI=1S/C9H9NO/c1-2-4-9(11)8-5-3-6-10-7-8/h3-7,9,11H,1H2/t9-/m1/s1. The van der Waals surface area contributed by atoms with Crippen molar-refractivity contribution in [3.63, 3.8) is 0 Å². The molecule has 0 radical (unpaired) electrons. The molecule has 1 rings (SSSR count). The summed E-state index contributed by atoms with van der Waals surface area (Å²) in [5, 5.41) is 9.32. The lowest BCUT2D eigenvalue weighted by atomic mass is 10.2. The van der Waals surface area contributed by atoms with Gasteiger partial charge < -0.3 is 5.11 Å². The van der Waals surface area contributed by atoms with Gasteiger partial charge in [0.2, 0.25) is 0 Å². The van der Waals surface area contributed by atoms with Gasteiger partial charge in [0, 0.05) is 18.0 Å². The Morgan fingerprint density at radius 2 is 2.55 bits per heavy atom. The highest BCUT2D eigenvalue weighted by molar-refractivity contribution is 5.15. The van der Waals surface area contributed by atoms with Crippen LogP contribution in [-0.4, -0.2) is 10.1 Å². The average molecular weight is 147 g/mol. The molecule has 0 bridgehead atoms. The van der Waals surface area contributed by atoms with Crippen molar-refractivity contribution < 1.29 is 5.11 Å². The van der Waals surface area contributed by atoms with Crippen molar-refractivity contribution in [2.75, 3.05) is 0 Å². The van der Waals surface area contributed by atoms with Crippen LogP contribution in [0.5, 0.6) is 0 Å². The fourth-order valence-corrected chi connectivity index (χ4v) is 0.759. The van der Waals surface area contributed by atoms with Crippen LogP contribution in [0.1, 0.15) is 11.7 Å². The minimum Gasteiger partial charge on any atom is -0.384 e. The van der Waals surface area contributed by atoms with Crippen LogP contribution >= 0.6 is 0 Å². The zero-order valence-electron chi connectivity index (χ0n) is 6.07. The van der Waals surface area contributed by atoms with Crippen LogP contribution in [0.3, 0.4) is 0 Å². The Kier molecular flexibility index (Phi) is 2.61. The van der Waals surface area contributed by atoms with E-state index in [1.54, 1.807) is 24.5 Å². The third kappa shape index (κ3) is 2.04. The van der Waals surface area contributed by atoms with Crippen LogP contribution in [0.25, 0.3) is 0 Å². The average Bonchev–Trinajstić information content (AvgIpc) is 2.07. The van der Waals surface area contributed by atoms with Crippen molar-refractivity contribution in [3.05, 3.63) is 48.5 Å². The SMILES string of the molecule is C=C=C[C@@H](O)c1cccnc1. The molecule has 1 aromatic rings. The second-order valence-electron chi connectivity index (χ2n) is 2.10. The highest BCUT2D eigenvalue weighted by Gasteiger charge is 2.00. The highest BCUT2D eigenvalue weighted by atomic mass is 16.3. The van der Waals surface area contributed by atoms with Gasteiger partial charge in [-0.2, -0.15) is 0 Å². The monoisotopic (exact) mass is 147 g/mol. The first kappa shape index (κ1) is 7.73. The molecule has 0 saturated carbocycles. The quantitative estimate of drug-likeness (QED) is 0.642. The normalized spacial score (nSPS) is 11.7.